The molecule has 0 radical (unpaired) electrons. The van der Waals surface area contributed by atoms with E-state index in [0.717, 1.165) is 38.6 Å². The quantitative estimate of drug-likeness (QED) is 0.131. The van der Waals surface area contributed by atoms with Crippen LogP contribution < -0.4 is 9.80 Å². The van der Waals surface area contributed by atoms with Crippen molar-refractivity contribution in [2.75, 3.05) is 16.3 Å². The number of aryl methyl sites for hydroxylation is 4. The summed E-state index contributed by atoms with van der Waals surface area (Å²) in [6.45, 7) is 24.6. The maximum atomic E-state index is 4.57. The molecule has 48 heavy (non-hydrogen) atoms. The molecule has 0 bridgehead atoms. The summed E-state index contributed by atoms with van der Waals surface area (Å²) < 4.78 is 0. The van der Waals surface area contributed by atoms with Gasteiger partial charge in [0, 0.05) is 16.9 Å². The average molecular weight is 749 g/mol. The zero-order chi connectivity index (χ0) is 35.0. The van der Waals surface area contributed by atoms with Crippen LogP contribution in [-0.4, -0.2) is 12.1 Å². The van der Waals surface area contributed by atoms with Crippen LogP contribution in [0.1, 0.15) is 102 Å². The molecule has 4 aromatic carbocycles. The summed E-state index contributed by atoms with van der Waals surface area (Å²) in [7, 11) is 4.57. The normalized spacial score (nSPS) is 21.3. The van der Waals surface area contributed by atoms with E-state index in [0.29, 0.717) is 0 Å². The molecule has 4 aromatic rings. The molecule has 2 aliphatic heterocycles. The number of anilines is 2. The second kappa shape index (κ2) is 16.9. The Bertz CT molecular complexity index is 1540. The van der Waals surface area contributed by atoms with Crippen LogP contribution in [0.2, 0.25) is 0 Å². The second-order valence-corrected chi connectivity index (χ2v) is 14.4. The molecule has 0 spiro atoms. The van der Waals surface area contributed by atoms with Crippen LogP contribution in [0.25, 0.3) is 0 Å². The van der Waals surface area contributed by atoms with E-state index in [2.05, 4.69) is 185 Å². The van der Waals surface area contributed by atoms with E-state index in [-0.39, 0.29) is 16.4 Å². The number of para-hydroxylation sites is 2. The first-order valence-electron chi connectivity index (χ1n) is 17.8. The topological polar surface area (TPSA) is 6.48 Å². The van der Waals surface area contributed by atoms with Crippen LogP contribution in [-0.2, 0) is 53.8 Å². The predicted octanol–water partition coefficient (Wildman–Crippen LogP) is 11.7. The summed E-state index contributed by atoms with van der Waals surface area (Å²) in [5.41, 5.74) is 11.9. The molecule has 6 rings (SSSR count). The van der Waals surface area contributed by atoms with E-state index in [1.165, 1.54) is 51.2 Å². The van der Waals surface area contributed by atoms with Crippen molar-refractivity contribution < 1.29 is 17.3 Å². The van der Waals surface area contributed by atoms with E-state index in [4.69, 9.17) is 0 Å². The Kier molecular flexibility index (Phi) is 13.4. The van der Waals surface area contributed by atoms with Crippen molar-refractivity contribution in [1.29, 1.82) is 0 Å². The summed E-state index contributed by atoms with van der Waals surface area (Å²) in [5, 5.41) is 0. The van der Waals surface area contributed by atoms with Gasteiger partial charge in [-0.2, -0.15) is 0 Å². The fourth-order valence-corrected chi connectivity index (χ4v) is 8.00. The Morgan fingerprint density at radius 3 is 1.42 bits per heavy atom. The van der Waals surface area contributed by atoms with E-state index >= 15 is 0 Å². The Morgan fingerprint density at radius 1 is 0.562 bits per heavy atom. The number of rotatable bonds is 8. The summed E-state index contributed by atoms with van der Waals surface area (Å²) in [4.78, 5) is 5.07. The van der Waals surface area contributed by atoms with Crippen LogP contribution in [0, 0.1) is 13.1 Å². The van der Waals surface area contributed by atoms with Crippen molar-refractivity contribution in [3.63, 3.8) is 0 Å². The van der Waals surface area contributed by atoms with Crippen molar-refractivity contribution >= 4 is 21.1 Å². The SMILES string of the molecule is CCc1cccc(CC)c1N1[CH-]C(C)(c2ccccc2)CC1.CCc1cccc(CC)c1N1[CH-]C(C)(c2ccccc2)CC1(C)C.[Cl][Ru+2]. The summed E-state index contributed by atoms with van der Waals surface area (Å²) in [6, 6.07) is 35.4. The van der Waals surface area contributed by atoms with Crippen molar-refractivity contribution in [3.05, 3.63) is 144 Å². The minimum atomic E-state index is 0.0800. The first kappa shape index (κ1) is 38.2. The predicted molar refractivity (Wildman–Crippen MR) is 206 cm³/mol. The number of hydrogen-bond acceptors (Lipinski definition) is 2. The van der Waals surface area contributed by atoms with Crippen LogP contribution in [0.4, 0.5) is 11.4 Å². The molecule has 0 saturated carbocycles. The molecule has 0 N–H and O–H groups in total. The van der Waals surface area contributed by atoms with Crippen LogP contribution >= 0.6 is 9.69 Å². The van der Waals surface area contributed by atoms with Gasteiger partial charge in [0.2, 0.25) is 0 Å². The number of hydrogen-bond donors (Lipinski definition) is 0. The molecule has 0 aliphatic carbocycles. The number of nitrogens with zero attached hydrogens (tertiary/aromatic N) is 2. The van der Waals surface area contributed by atoms with Crippen molar-refractivity contribution in [2.24, 2.45) is 0 Å². The van der Waals surface area contributed by atoms with Crippen LogP contribution in [0.3, 0.4) is 0 Å². The molecule has 0 amide bonds. The van der Waals surface area contributed by atoms with Crippen molar-refractivity contribution in [1.82, 2.24) is 0 Å². The van der Waals surface area contributed by atoms with Crippen LogP contribution in [0.15, 0.2) is 97.1 Å². The molecule has 4 heteroatoms. The molecular weight excluding hydrogens is 693 g/mol. The van der Waals surface area contributed by atoms with Crippen molar-refractivity contribution in [2.45, 2.75) is 110 Å². The molecule has 2 heterocycles. The fourth-order valence-electron chi connectivity index (χ4n) is 8.00. The number of benzene rings is 4. The summed E-state index contributed by atoms with van der Waals surface area (Å²) in [5.74, 6) is 0. The van der Waals surface area contributed by atoms with E-state index in [1.807, 2.05) is 17.3 Å². The monoisotopic (exact) mass is 749 g/mol. The molecule has 2 fully saturated rings. The van der Waals surface area contributed by atoms with Gasteiger partial charge >= 0.3 is 27.0 Å². The molecule has 2 unspecified atom stereocenters. The zero-order valence-electron chi connectivity index (χ0n) is 30.5. The Hall–Kier alpha value is -2.61. The van der Waals surface area contributed by atoms with E-state index in [9.17, 15) is 0 Å². The van der Waals surface area contributed by atoms with Gasteiger partial charge in [0.25, 0.3) is 0 Å². The molecule has 257 valence electrons. The third kappa shape index (κ3) is 8.22. The van der Waals surface area contributed by atoms with Gasteiger partial charge in [-0.15, -0.1) is 10.8 Å². The third-order valence-corrected chi connectivity index (χ3v) is 10.5. The van der Waals surface area contributed by atoms with Gasteiger partial charge in [0.05, 0.1) is 0 Å². The van der Waals surface area contributed by atoms with Gasteiger partial charge in [-0.1, -0.05) is 156 Å². The molecule has 2 aliphatic rings. The van der Waals surface area contributed by atoms with Gasteiger partial charge in [0.15, 0.2) is 0 Å². The van der Waals surface area contributed by atoms with Gasteiger partial charge in [-0.3, -0.25) is 0 Å². The van der Waals surface area contributed by atoms with E-state index in [1.54, 1.807) is 0 Å². The van der Waals surface area contributed by atoms with Gasteiger partial charge in [-0.25, -0.2) is 13.1 Å². The Labute approximate surface area is 307 Å². The maximum absolute atomic E-state index is 4.57. The van der Waals surface area contributed by atoms with Crippen LogP contribution in [0.5, 0.6) is 0 Å². The molecule has 2 nitrogen and oxygen atoms in total. The molecular formula is C44H56ClN2Ru. The van der Waals surface area contributed by atoms with E-state index < -0.39 is 0 Å². The zero-order valence-corrected chi connectivity index (χ0v) is 33.0. The first-order chi connectivity index (χ1) is 23.1. The standard InChI is InChI=1S/C23H30N.C21H26N.ClH.Ru/c1-6-18-12-11-13-19(7-2)21(18)24-17-23(5,16-22(24,3)4)20-14-9-8-10-15-20;1-4-17-10-9-11-18(5-2)20(17)22-15-14-21(3,16-22)19-12-7-6-8-13-19;;/h8-15,17H,6-7,16H2,1-5H3;6-13,16H,4-5,14-15H2,1-3H3;1H;/q2*-1;;+3/p-1. The summed E-state index contributed by atoms with van der Waals surface area (Å²) >= 11 is 1.82. The Morgan fingerprint density at radius 2 is 0.979 bits per heavy atom. The van der Waals surface area contributed by atoms with Gasteiger partial charge in [0.1, 0.15) is 0 Å². The molecule has 2 atom stereocenters. The second-order valence-electron chi connectivity index (χ2n) is 14.4. The minimum absolute atomic E-state index is 0.0800. The van der Waals surface area contributed by atoms with Crippen molar-refractivity contribution in [3.8, 4) is 0 Å². The Balaban J connectivity index is 0.000000207. The van der Waals surface area contributed by atoms with Gasteiger partial charge < -0.3 is 9.80 Å². The average Bonchev–Trinajstić information content (AvgIpc) is 3.65. The summed E-state index contributed by atoms with van der Waals surface area (Å²) in [6.07, 6.45) is 6.64. The first-order valence-corrected chi connectivity index (χ1v) is 20.1. The number of halogens is 1. The fraction of sp³-hybridized carbons (Fsp3) is 0.409. The molecule has 0 aromatic heterocycles. The molecule has 2 saturated heterocycles. The third-order valence-electron chi connectivity index (χ3n) is 10.5. The van der Waals surface area contributed by atoms with Gasteiger partial charge in [-0.05, 0) is 74.8 Å².